The van der Waals surface area contributed by atoms with Gasteiger partial charge in [0.25, 0.3) is 0 Å². The first-order chi connectivity index (χ1) is 9.88. The van der Waals surface area contributed by atoms with Gasteiger partial charge in [0.05, 0.1) is 6.61 Å². The lowest BCUT2D eigenvalue weighted by Gasteiger charge is -2.22. The van der Waals surface area contributed by atoms with Gasteiger partial charge in [-0.05, 0) is 6.42 Å². The number of guanidine groups is 1. The van der Waals surface area contributed by atoms with Gasteiger partial charge in [0.1, 0.15) is 0 Å². The fourth-order valence-electron chi connectivity index (χ4n) is 2.34. The van der Waals surface area contributed by atoms with E-state index >= 15 is 0 Å². The number of nitrogens with one attached hydrogen (secondary N) is 2. The second-order valence-electron chi connectivity index (χ2n) is 6.54. The molecule has 1 fully saturated rings. The fourth-order valence-corrected chi connectivity index (χ4v) is 2.34. The van der Waals surface area contributed by atoms with Crippen LogP contribution in [-0.2, 0) is 9.53 Å². The van der Waals surface area contributed by atoms with E-state index in [0.717, 1.165) is 32.1 Å². The zero-order valence-electron chi connectivity index (χ0n) is 14.0. The molecule has 1 unspecified atom stereocenters. The Morgan fingerprint density at radius 2 is 2.00 bits per heavy atom. The van der Waals surface area contributed by atoms with Gasteiger partial charge in [-0.25, -0.2) is 0 Å². The van der Waals surface area contributed by atoms with E-state index in [2.05, 4.69) is 20.5 Å². The van der Waals surface area contributed by atoms with E-state index in [1.165, 1.54) is 0 Å². The van der Waals surface area contributed by atoms with Crippen LogP contribution in [0.25, 0.3) is 0 Å². The maximum atomic E-state index is 11.8. The fraction of sp³-hybridized carbons (Fsp3) is 0.867. The summed E-state index contributed by atoms with van der Waals surface area (Å²) < 4.78 is 5.21. The Balaban J connectivity index is 2.28. The lowest BCUT2D eigenvalue weighted by atomic mass is 9.96. The molecule has 0 radical (unpaired) electrons. The summed E-state index contributed by atoms with van der Waals surface area (Å²) in [5, 5.41) is 6.23. The third kappa shape index (κ3) is 5.91. The number of rotatable bonds is 5. The van der Waals surface area contributed by atoms with Crippen LogP contribution in [0.5, 0.6) is 0 Å². The number of nitrogens with zero attached hydrogens (tertiary/aromatic N) is 2. The van der Waals surface area contributed by atoms with Gasteiger partial charge in [-0.3, -0.25) is 9.79 Å². The Kier molecular flexibility index (Phi) is 6.95. The van der Waals surface area contributed by atoms with Crippen LogP contribution in [0.1, 0.15) is 27.2 Å². The van der Waals surface area contributed by atoms with Crippen LogP contribution in [0.4, 0.5) is 0 Å². The van der Waals surface area contributed by atoms with Crippen molar-refractivity contribution in [1.29, 1.82) is 0 Å². The van der Waals surface area contributed by atoms with Crippen molar-refractivity contribution in [2.75, 3.05) is 46.9 Å². The number of carbonyl (C=O) groups is 1. The number of amides is 1. The van der Waals surface area contributed by atoms with Crippen LogP contribution in [0, 0.1) is 11.3 Å². The minimum Gasteiger partial charge on any atom is -0.384 e. The van der Waals surface area contributed by atoms with Crippen molar-refractivity contribution < 1.29 is 9.53 Å². The van der Waals surface area contributed by atoms with Crippen molar-refractivity contribution >= 4 is 11.9 Å². The molecule has 1 atom stereocenters. The molecule has 0 saturated carbocycles. The quantitative estimate of drug-likeness (QED) is 0.445. The second-order valence-corrected chi connectivity index (χ2v) is 6.54. The molecule has 1 aliphatic heterocycles. The zero-order chi connectivity index (χ0) is 15.9. The SMILES string of the molecule is CN=C(NCCNC(=O)C(C)(C)C)N1CCC(COC)C1. The van der Waals surface area contributed by atoms with E-state index < -0.39 is 0 Å². The van der Waals surface area contributed by atoms with Crippen LogP contribution in [0.2, 0.25) is 0 Å². The summed E-state index contributed by atoms with van der Waals surface area (Å²) in [7, 11) is 3.54. The van der Waals surface area contributed by atoms with Gasteiger partial charge >= 0.3 is 0 Å². The van der Waals surface area contributed by atoms with Gasteiger partial charge in [-0.15, -0.1) is 0 Å². The highest BCUT2D eigenvalue weighted by Gasteiger charge is 2.24. The molecule has 1 rings (SSSR count). The first-order valence-electron chi connectivity index (χ1n) is 7.61. The molecule has 6 heteroatoms. The smallest absolute Gasteiger partial charge is 0.225 e. The van der Waals surface area contributed by atoms with Crippen molar-refractivity contribution in [3.05, 3.63) is 0 Å². The topological polar surface area (TPSA) is 66.0 Å². The average Bonchev–Trinajstić information content (AvgIpc) is 2.86. The van der Waals surface area contributed by atoms with E-state index in [1.807, 2.05) is 20.8 Å². The molecule has 0 bridgehead atoms. The van der Waals surface area contributed by atoms with Gasteiger partial charge < -0.3 is 20.3 Å². The van der Waals surface area contributed by atoms with Crippen molar-refractivity contribution in [2.24, 2.45) is 16.3 Å². The molecule has 21 heavy (non-hydrogen) atoms. The molecule has 0 aliphatic carbocycles. The largest absolute Gasteiger partial charge is 0.384 e. The maximum absolute atomic E-state index is 11.8. The summed E-state index contributed by atoms with van der Waals surface area (Å²) in [4.78, 5) is 18.3. The number of hydrogen-bond donors (Lipinski definition) is 2. The van der Waals surface area contributed by atoms with Gasteiger partial charge in [0, 0.05) is 51.7 Å². The van der Waals surface area contributed by atoms with Crippen LogP contribution >= 0.6 is 0 Å². The Morgan fingerprint density at radius 3 is 2.57 bits per heavy atom. The number of carbonyl (C=O) groups excluding carboxylic acids is 1. The third-order valence-electron chi connectivity index (χ3n) is 3.57. The van der Waals surface area contributed by atoms with Gasteiger partial charge in [-0.1, -0.05) is 20.8 Å². The zero-order valence-corrected chi connectivity index (χ0v) is 14.0. The van der Waals surface area contributed by atoms with Crippen molar-refractivity contribution in [1.82, 2.24) is 15.5 Å². The standard InChI is InChI=1S/C15H30N4O2/c1-15(2,3)13(20)17-7-8-18-14(16-4)19-9-6-12(10-19)11-21-5/h12H,6-11H2,1-5H3,(H,16,18)(H,17,20). The highest BCUT2D eigenvalue weighted by atomic mass is 16.5. The van der Waals surface area contributed by atoms with Gasteiger partial charge in [0.15, 0.2) is 5.96 Å². The van der Waals surface area contributed by atoms with E-state index in [9.17, 15) is 4.79 Å². The van der Waals surface area contributed by atoms with Crippen LogP contribution in [0.15, 0.2) is 4.99 Å². The lowest BCUT2D eigenvalue weighted by Crippen LogP contribution is -2.44. The Bertz CT molecular complexity index is 363. The molecule has 1 amide bonds. The van der Waals surface area contributed by atoms with Crippen molar-refractivity contribution in [3.8, 4) is 0 Å². The number of likely N-dealkylation sites (tertiary alicyclic amines) is 1. The minimum absolute atomic E-state index is 0.0700. The number of aliphatic imine (C=N–C) groups is 1. The second kappa shape index (κ2) is 8.22. The lowest BCUT2D eigenvalue weighted by molar-refractivity contribution is -0.128. The highest BCUT2D eigenvalue weighted by Crippen LogP contribution is 2.16. The summed E-state index contributed by atoms with van der Waals surface area (Å²) in [6.07, 6.45) is 1.13. The van der Waals surface area contributed by atoms with Crippen LogP contribution < -0.4 is 10.6 Å². The highest BCUT2D eigenvalue weighted by molar-refractivity contribution is 5.82. The summed E-state index contributed by atoms with van der Waals surface area (Å²) in [6.45, 7) is 9.79. The summed E-state index contributed by atoms with van der Waals surface area (Å²) in [5.74, 6) is 1.55. The van der Waals surface area contributed by atoms with E-state index in [1.54, 1.807) is 14.2 Å². The molecule has 6 nitrogen and oxygen atoms in total. The number of hydrogen-bond acceptors (Lipinski definition) is 3. The minimum atomic E-state index is -0.343. The molecule has 1 aliphatic rings. The van der Waals surface area contributed by atoms with E-state index in [0.29, 0.717) is 19.0 Å². The molecule has 0 spiro atoms. The van der Waals surface area contributed by atoms with E-state index in [4.69, 9.17) is 4.74 Å². The predicted octanol–water partition coefficient (Wildman–Crippen LogP) is 0.692. The number of methoxy groups -OCH3 is 1. The van der Waals surface area contributed by atoms with Crippen molar-refractivity contribution in [2.45, 2.75) is 27.2 Å². The van der Waals surface area contributed by atoms with Crippen molar-refractivity contribution in [3.63, 3.8) is 0 Å². The first kappa shape index (κ1) is 17.8. The first-order valence-corrected chi connectivity index (χ1v) is 7.61. The molecule has 1 saturated heterocycles. The Morgan fingerprint density at radius 1 is 1.33 bits per heavy atom. The number of ether oxygens (including phenoxy) is 1. The molecule has 0 aromatic heterocycles. The monoisotopic (exact) mass is 298 g/mol. The predicted molar refractivity (Wildman–Crippen MR) is 85.4 cm³/mol. The van der Waals surface area contributed by atoms with E-state index in [-0.39, 0.29) is 11.3 Å². The summed E-state index contributed by atoms with van der Waals surface area (Å²) >= 11 is 0. The molecule has 122 valence electrons. The molecule has 2 N–H and O–H groups in total. The van der Waals surface area contributed by atoms with Crippen LogP contribution in [-0.4, -0.2) is 63.7 Å². The van der Waals surface area contributed by atoms with Gasteiger partial charge in [-0.2, -0.15) is 0 Å². The molecule has 1 heterocycles. The third-order valence-corrected chi connectivity index (χ3v) is 3.57. The molecular formula is C15H30N4O2. The molecular weight excluding hydrogens is 268 g/mol. The normalized spacial score (nSPS) is 19.8. The molecule has 0 aromatic carbocycles. The summed E-state index contributed by atoms with van der Waals surface area (Å²) in [6, 6.07) is 0. The van der Waals surface area contributed by atoms with Crippen LogP contribution in [0.3, 0.4) is 0 Å². The Hall–Kier alpha value is -1.30. The maximum Gasteiger partial charge on any atom is 0.225 e. The van der Waals surface area contributed by atoms with Gasteiger partial charge in [0.2, 0.25) is 5.91 Å². The summed E-state index contributed by atoms with van der Waals surface area (Å²) in [5.41, 5.74) is -0.343. The molecule has 0 aromatic rings. The Labute approximate surface area is 128 Å². The average molecular weight is 298 g/mol.